The molecule has 94 valence electrons. The number of nitrogens with zero attached hydrogens (tertiary/aromatic N) is 2. The molecular formula is C11H17N3O2S. The second kappa shape index (κ2) is 4.70. The van der Waals surface area contributed by atoms with E-state index in [1.165, 1.54) is 6.07 Å². The van der Waals surface area contributed by atoms with E-state index >= 15 is 0 Å². The minimum absolute atomic E-state index is 0.0925. The molecule has 1 fully saturated rings. The molecule has 0 unspecified atom stereocenters. The molecule has 1 aliphatic rings. The first-order valence-corrected chi connectivity index (χ1v) is 7.68. The summed E-state index contributed by atoms with van der Waals surface area (Å²) in [6.45, 7) is 0.241. The second-order valence-corrected chi connectivity index (χ2v) is 6.48. The van der Waals surface area contributed by atoms with Crippen molar-refractivity contribution in [1.29, 1.82) is 0 Å². The highest BCUT2D eigenvalue weighted by Crippen LogP contribution is 2.32. The van der Waals surface area contributed by atoms with Crippen LogP contribution in [0.2, 0.25) is 0 Å². The Morgan fingerprint density at radius 1 is 1.35 bits per heavy atom. The molecule has 6 heteroatoms. The van der Waals surface area contributed by atoms with Gasteiger partial charge in [-0.25, -0.2) is 18.4 Å². The third-order valence-corrected chi connectivity index (χ3v) is 4.05. The van der Waals surface area contributed by atoms with Crippen molar-refractivity contribution in [3.63, 3.8) is 0 Å². The average molecular weight is 255 g/mol. The van der Waals surface area contributed by atoms with Crippen LogP contribution in [0.4, 0.5) is 0 Å². The van der Waals surface area contributed by atoms with Gasteiger partial charge in [-0.2, -0.15) is 0 Å². The van der Waals surface area contributed by atoms with Gasteiger partial charge in [0.1, 0.15) is 5.82 Å². The molecule has 2 rings (SSSR count). The number of aromatic nitrogens is 2. The Labute approximate surface area is 101 Å². The number of hydrogen-bond donors (Lipinski definition) is 1. The van der Waals surface area contributed by atoms with Gasteiger partial charge in [0.2, 0.25) is 0 Å². The summed E-state index contributed by atoms with van der Waals surface area (Å²) >= 11 is 0. The Balaban J connectivity index is 2.45. The van der Waals surface area contributed by atoms with Crippen molar-refractivity contribution in [1.82, 2.24) is 9.97 Å². The van der Waals surface area contributed by atoms with E-state index in [0.29, 0.717) is 17.4 Å². The molecule has 1 aromatic rings. The van der Waals surface area contributed by atoms with Crippen LogP contribution in [0.5, 0.6) is 0 Å². The molecule has 0 saturated heterocycles. The molecule has 1 aromatic heterocycles. The average Bonchev–Trinajstić information content (AvgIpc) is 2.80. The first-order chi connectivity index (χ1) is 8.00. The SMILES string of the molecule is CS(=O)(=O)c1cc(CN)nc(C2CCCC2)n1. The third-order valence-electron chi connectivity index (χ3n) is 3.08. The van der Waals surface area contributed by atoms with E-state index in [2.05, 4.69) is 9.97 Å². The standard InChI is InChI=1S/C11H17N3O2S/c1-17(15,16)10-6-9(7-12)13-11(14-10)8-4-2-3-5-8/h6,8H,2-5,7,12H2,1H3. The molecule has 0 bridgehead atoms. The van der Waals surface area contributed by atoms with Crippen LogP contribution in [0.1, 0.15) is 43.1 Å². The predicted octanol–water partition coefficient (Wildman–Crippen LogP) is 0.996. The van der Waals surface area contributed by atoms with Crippen molar-refractivity contribution in [3.8, 4) is 0 Å². The van der Waals surface area contributed by atoms with Crippen LogP contribution in [0.15, 0.2) is 11.1 Å². The highest BCUT2D eigenvalue weighted by atomic mass is 32.2. The summed E-state index contributed by atoms with van der Waals surface area (Å²) in [5, 5.41) is 0.0925. The third kappa shape index (κ3) is 2.81. The van der Waals surface area contributed by atoms with Gasteiger partial charge in [0.15, 0.2) is 14.9 Å². The largest absolute Gasteiger partial charge is 0.325 e. The van der Waals surface area contributed by atoms with E-state index in [1.54, 1.807) is 0 Å². The van der Waals surface area contributed by atoms with E-state index < -0.39 is 9.84 Å². The van der Waals surface area contributed by atoms with Gasteiger partial charge in [-0.05, 0) is 18.9 Å². The lowest BCUT2D eigenvalue weighted by atomic mass is 10.1. The fourth-order valence-electron chi connectivity index (χ4n) is 2.15. The molecule has 0 aromatic carbocycles. The van der Waals surface area contributed by atoms with Crippen LogP contribution in [0, 0.1) is 0 Å². The first-order valence-electron chi connectivity index (χ1n) is 5.78. The maximum Gasteiger partial charge on any atom is 0.192 e. The lowest BCUT2D eigenvalue weighted by Gasteiger charge is -2.10. The molecule has 0 atom stereocenters. The van der Waals surface area contributed by atoms with E-state index in [4.69, 9.17) is 5.73 Å². The summed E-state index contributed by atoms with van der Waals surface area (Å²) in [5.41, 5.74) is 6.14. The van der Waals surface area contributed by atoms with Crippen LogP contribution in [0.25, 0.3) is 0 Å². The summed E-state index contributed by atoms with van der Waals surface area (Å²) in [6, 6.07) is 1.47. The van der Waals surface area contributed by atoms with Crippen LogP contribution in [0.3, 0.4) is 0 Å². The molecule has 0 spiro atoms. The Morgan fingerprint density at radius 2 is 2.00 bits per heavy atom. The Kier molecular flexibility index (Phi) is 3.44. The van der Waals surface area contributed by atoms with E-state index in [1.807, 2.05) is 0 Å². The van der Waals surface area contributed by atoms with E-state index in [0.717, 1.165) is 31.9 Å². The molecule has 1 aliphatic carbocycles. The van der Waals surface area contributed by atoms with E-state index in [9.17, 15) is 8.42 Å². The zero-order chi connectivity index (χ0) is 12.5. The predicted molar refractivity (Wildman–Crippen MR) is 64.2 cm³/mol. The lowest BCUT2D eigenvalue weighted by molar-refractivity contribution is 0.590. The highest BCUT2D eigenvalue weighted by Gasteiger charge is 2.22. The highest BCUT2D eigenvalue weighted by molar-refractivity contribution is 7.90. The van der Waals surface area contributed by atoms with Gasteiger partial charge in [-0.3, -0.25) is 0 Å². The topological polar surface area (TPSA) is 85.9 Å². The van der Waals surface area contributed by atoms with Gasteiger partial charge < -0.3 is 5.73 Å². The summed E-state index contributed by atoms with van der Waals surface area (Å²) < 4.78 is 23.1. The van der Waals surface area contributed by atoms with Crippen LogP contribution in [-0.4, -0.2) is 24.6 Å². The van der Waals surface area contributed by atoms with Crippen molar-refractivity contribution >= 4 is 9.84 Å². The van der Waals surface area contributed by atoms with Crippen molar-refractivity contribution in [3.05, 3.63) is 17.6 Å². The van der Waals surface area contributed by atoms with Crippen LogP contribution >= 0.6 is 0 Å². The fraction of sp³-hybridized carbons (Fsp3) is 0.636. The van der Waals surface area contributed by atoms with Gasteiger partial charge in [0.25, 0.3) is 0 Å². The quantitative estimate of drug-likeness (QED) is 0.814. The van der Waals surface area contributed by atoms with Crippen molar-refractivity contribution < 1.29 is 8.42 Å². The fourth-order valence-corrected chi connectivity index (χ4v) is 2.76. The number of rotatable bonds is 3. The normalized spacial score (nSPS) is 17.5. The molecule has 1 heterocycles. The van der Waals surface area contributed by atoms with Crippen LogP contribution in [-0.2, 0) is 16.4 Å². The monoisotopic (exact) mass is 255 g/mol. The minimum Gasteiger partial charge on any atom is -0.325 e. The summed E-state index contributed by atoms with van der Waals surface area (Å²) in [7, 11) is -3.29. The van der Waals surface area contributed by atoms with Gasteiger partial charge in [0, 0.05) is 18.7 Å². The number of hydrogen-bond acceptors (Lipinski definition) is 5. The summed E-state index contributed by atoms with van der Waals surface area (Å²) in [5.74, 6) is 0.938. The minimum atomic E-state index is -3.29. The van der Waals surface area contributed by atoms with Crippen LogP contribution < -0.4 is 5.73 Å². The Hall–Kier alpha value is -1.01. The molecule has 0 amide bonds. The molecule has 0 radical (unpaired) electrons. The molecule has 1 saturated carbocycles. The second-order valence-electron chi connectivity index (χ2n) is 4.51. The first kappa shape index (κ1) is 12.4. The number of nitrogens with two attached hydrogens (primary N) is 1. The Bertz CT molecular complexity index is 507. The molecular weight excluding hydrogens is 238 g/mol. The summed E-state index contributed by atoms with van der Waals surface area (Å²) in [4.78, 5) is 8.53. The van der Waals surface area contributed by atoms with E-state index in [-0.39, 0.29) is 11.6 Å². The Morgan fingerprint density at radius 3 is 2.53 bits per heavy atom. The molecule has 0 aliphatic heterocycles. The molecule has 2 N–H and O–H groups in total. The maximum atomic E-state index is 11.5. The zero-order valence-corrected chi connectivity index (χ0v) is 10.7. The van der Waals surface area contributed by atoms with Gasteiger partial charge in [-0.1, -0.05) is 12.8 Å². The van der Waals surface area contributed by atoms with Gasteiger partial charge in [0.05, 0.1) is 5.69 Å². The smallest absolute Gasteiger partial charge is 0.192 e. The van der Waals surface area contributed by atoms with Gasteiger partial charge in [-0.15, -0.1) is 0 Å². The lowest BCUT2D eigenvalue weighted by Crippen LogP contribution is -2.12. The van der Waals surface area contributed by atoms with Gasteiger partial charge >= 0.3 is 0 Å². The zero-order valence-electron chi connectivity index (χ0n) is 9.89. The molecule has 17 heavy (non-hydrogen) atoms. The van der Waals surface area contributed by atoms with Crippen molar-refractivity contribution in [2.75, 3.05) is 6.26 Å². The summed E-state index contributed by atoms with van der Waals surface area (Å²) in [6.07, 6.45) is 5.56. The number of sulfone groups is 1. The molecule has 5 nitrogen and oxygen atoms in total. The van der Waals surface area contributed by atoms with Crippen molar-refractivity contribution in [2.24, 2.45) is 5.73 Å². The maximum absolute atomic E-state index is 11.5. The van der Waals surface area contributed by atoms with Crippen molar-refractivity contribution in [2.45, 2.75) is 43.2 Å².